The molecule has 0 saturated carbocycles. The lowest BCUT2D eigenvalue weighted by molar-refractivity contribution is -0.122. The Morgan fingerprint density at radius 1 is 1.60 bits per heavy atom. The number of nitrogens with one attached hydrogen (secondary N) is 1. The fraction of sp³-hybridized carbons (Fsp3) is 0.200. The molecule has 15 heavy (non-hydrogen) atoms. The van der Waals surface area contributed by atoms with Gasteiger partial charge in [0.1, 0.15) is 0 Å². The highest BCUT2D eigenvalue weighted by atomic mass is 19.1. The van der Waals surface area contributed by atoms with Crippen molar-refractivity contribution in [3.05, 3.63) is 29.6 Å². The minimum atomic E-state index is -0.663. The Morgan fingerprint density at radius 2 is 2.33 bits per heavy atom. The molecule has 1 N–H and O–H groups in total. The molecule has 80 valence electrons. The van der Waals surface area contributed by atoms with Crippen LogP contribution in [-0.4, -0.2) is 25.8 Å². The second-order valence-corrected chi connectivity index (χ2v) is 2.74. The van der Waals surface area contributed by atoms with Crippen LogP contribution in [0.2, 0.25) is 0 Å². The Morgan fingerprint density at radius 3 is 2.93 bits per heavy atom. The fourth-order valence-electron chi connectivity index (χ4n) is 0.980. The van der Waals surface area contributed by atoms with Gasteiger partial charge >= 0.3 is 0 Å². The molecule has 0 radical (unpaired) electrons. The van der Waals surface area contributed by atoms with Crippen molar-refractivity contribution in [3.8, 4) is 5.75 Å². The normalized spacial score (nSPS) is 9.47. The predicted molar refractivity (Wildman–Crippen MR) is 51.3 cm³/mol. The van der Waals surface area contributed by atoms with E-state index < -0.39 is 11.7 Å². The number of hydrogen-bond acceptors (Lipinski definition) is 3. The number of carbonyl (C=O) groups excluding carboxylic acids is 2. The van der Waals surface area contributed by atoms with Gasteiger partial charge in [-0.05, 0) is 12.1 Å². The first kappa shape index (κ1) is 11.2. The van der Waals surface area contributed by atoms with Crippen molar-refractivity contribution in [2.24, 2.45) is 0 Å². The van der Waals surface area contributed by atoms with E-state index in [1.165, 1.54) is 19.2 Å². The van der Waals surface area contributed by atoms with Gasteiger partial charge in [-0.3, -0.25) is 9.59 Å². The molecule has 0 aromatic heterocycles. The van der Waals surface area contributed by atoms with Crippen LogP contribution >= 0.6 is 0 Å². The maximum Gasteiger partial charge on any atom is 0.257 e. The summed E-state index contributed by atoms with van der Waals surface area (Å²) >= 11 is 0. The SMILES string of the molecule is CNC(=O)COc1c(F)cccc1C=O. The molecule has 0 unspecified atom stereocenters. The predicted octanol–water partition coefficient (Wildman–Crippen LogP) is 0.763. The number of aldehydes is 1. The summed E-state index contributed by atoms with van der Waals surface area (Å²) in [6, 6.07) is 3.97. The van der Waals surface area contributed by atoms with Gasteiger partial charge in [0, 0.05) is 7.05 Å². The average Bonchev–Trinajstić information content (AvgIpc) is 2.26. The van der Waals surface area contributed by atoms with E-state index in [1.54, 1.807) is 0 Å². The van der Waals surface area contributed by atoms with Crippen LogP contribution in [0.15, 0.2) is 18.2 Å². The number of para-hydroxylation sites is 1. The molecule has 1 rings (SSSR count). The van der Waals surface area contributed by atoms with Gasteiger partial charge in [-0.25, -0.2) is 4.39 Å². The summed E-state index contributed by atoms with van der Waals surface area (Å²) in [5.41, 5.74) is 0.0823. The topological polar surface area (TPSA) is 55.4 Å². The van der Waals surface area contributed by atoms with Gasteiger partial charge in [0.25, 0.3) is 5.91 Å². The van der Waals surface area contributed by atoms with Crippen LogP contribution in [0, 0.1) is 5.82 Å². The zero-order valence-corrected chi connectivity index (χ0v) is 8.12. The third kappa shape index (κ3) is 2.77. The minimum Gasteiger partial charge on any atom is -0.480 e. The van der Waals surface area contributed by atoms with Crippen molar-refractivity contribution in [3.63, 3.8) is 0 Å². The van der Waals surface area contributed by atoms with Crippen LogP contribution < -0.4 is 10.1 Å². The summed E-state index contributed by atoms with van der Waals surface area (Å²) in [5, 5.41) is 2.32. The Bertz CT molecular complexity index is 379. The van der Waals surface area contributed by atoms with E-state index in [-0.39, 0.29) is 17.9 Å². The molecule has 0 aliphatic carbocycles. The van der Waals surface area contributed by atoms with Crippen LogP contribution in [0.25, 0.3) is 0 Å². The number of hydrogen-bond donors (Lipinski definition) is 1. The zero-order valence-electron chi connectivity index (χ0n) is 8.12. The van der Waals surface area contributed by atoms with Crippen molar-refractivity contribution in [2.45, 2.75) is 0 Å². The van der Waals surface area contributed by atoms with Crippen molar-refractivity contribution >= 4 is 12.2 Å². The van der Waals surface area contributed by atoms with E-state index in [1.807, 2.05) is 0 Å². The fourth-order valence-corrected chi connectivity index (χ4v) is 0.980. The highest BCUT2D eigenvalue weighted by Crippen LogP contribution is 2.20. The van der Waals surface area contributed by atoms with Gasteiger partial charge in [-0.2, -0.15) is 0 Å². The van der Waals surface area contributed by atoms with Crippen molar-refractivity contribution in [1.29, 1.82) is 0 Å². The van der Waals surface area contributed by atoms with Crippen molar-refractivity contribution in [2.75, 3.05) is 13.7 Å². The quantitative estimate of drug-likeness (QED) is 0.748. The third-order valence-electron chi connectivity index (χ3n) is 1.75. The van der Waals surface area contributed by atoms with Gasteiger partial charge in [0.2, 0.25) is 0 Å². The molecule has 0 heterocycles. The maximum atomic E-state index is 13.2. The van der Waals surface area contributed by atoms with E-state index in [0.717, 1.165) is 6.07 Å². The monoisotopic (exact) mass is 211 g/mol. The lowest BCUT2D eigenvalue weighted by Crippen LogP contribution is -2.25. The molecule has 0 aliphatic heterocycles. The molecule has 1 amide bonds. The van der Waals surface area contributed by atoms with Crippen molar-refractivity contribution in [1.82, 2.24) is 5.32 Å². The lowest BCUT2D eigenvalue weighted by atomic mass is 10.2. The van der Waals surface area contributed by atoms with Crippen LogP contribution in [-0.2, 0) is 4.79 Å². The largest absolute Gasteiger partial charge is 0.480 e. The second-order valence-electron chi connectivity index (χ2n) is 2.74. The number of benzene rings is 1. The molecule has 0 saturated heterocycles. The van der Waals surface area contributed by atoms with Gasteiger partial charge in [-0.1, -0.05) is 6.07 Å². The Hall–Kier alpha value is -1.91. The van der Waals surface area contributed by atoms with Gasteiger partial charge in [-0.15, -0.1) is 0 Å². The molecule has 4 nitrogen and oxygen atoms in total. The molecule has 1 aromatic rings. The number of carbonyl (C=O) groups is 2. The van der Waals surface area contributed by atoms with E-state index in [2.05, 4.69) is 5.32 Å². The van der Waals surface area contributed by atoms with Crippen LogP contribution in [0.4, 0.5) is 4.39 Å². The third-order valence-corrected chi connectivity index (χ3v) is 1.75. The number of amides is 1. The first-order valence-corrected chi connectivity index (χ1v) is 4.26. The molecular formula is C10H10FNO3. The molecule has 0 aliphatic rings. The smallest absolute Gasteiger partial charge is 0.257 e. The lowest BCUT2D eigenvalue weighted by Gasteiger charge is -2.07. The van der Waals surface area contributed by atoms with E-state index in [9.17, 15) is 14.0 Å². The first-order chi connectivity index (χ1) is 7.19. The Balaban J connectivity index is 2.83. The molecule has 0 bridgehead atoms. The summed E-state index contributed by atoms with van der Waals surface area (Å²) in [5.74, 6) is -1.25. The molecular weight excluding hydrogens is 201 g/mol. The van der Waals surface area contributed by atoms with Gasteiger partial charge in [0.15, 0.2) is 24.5 Å². The maximum absolute atomic E-state index is 13.2. The summed E-state index contributed by atoms with van der Waals surface area (Å²) < 4.78 is 18.1. The highest BCUT2D eigenvalue weighted by Gasteiger charge is 2.10. The van der Waals surface area contributed by atoms with Crippen LogP contribution in [0.3, 0.4) is 0 Å². The number of ether oxygens (including phenoxy) is 1. The standard InChI is InChI=1S/C10H10FNO3/c1-12-9(14)6-15-10-7(5-13)3-2-4-8(10)11/h2-5H,6H2,1H3,(H,12,14). The molecule has 0 fully saturated rings. The minimum absolute atomic E-state index is 0.0823. The molecule has 0 spiro atoms. The highest BCUT2D eigenvalue weighted by molar-refractivity contribution is 5.80. The molecule has 5 heteroatoms. The molecule has 0 atom stereocenters. The number of rotatable bonds is 4. The number of halogens is 1. The second kappa shape index (κ2) is 5.09. The summed E-state index contributed by atoms with van der Waals surface area (Å²) in [6.45, 7) is -0.321. The van der Waals surface area contributed by atoms with E-state index >= 15 is 0 Å². The van der Waals surface area contributed by atoms with Crippen LogP contribution in [0.5, 0.6) is 5.75 Å². The Labute approximate surface area is 86.0 Å². The summed E-state index contributed by atoms with van der Waals surface area (Å²) in [4.78, 5) is 21.4. The van der Waals surface area contributed by atoms with E-state index in [4.69, 9.17) is 4.74 Å². The van der Waals surface area contributed by atoms with E-state index in [0.29, 0.717) is 6.29 Å². The first-order valence-electron chi connectivity index (χ1n) is 4.26. The van der Waals surface area contributed by atoms with Gasteiger partial charge in [0.05, 0.1) is 5.56 Å². The number of likely N-dealkylation sites (N-methyl/N-ethyl adjacent to an activating group) is 1. The van der Waals surface area contributed by atoms with Gasteiger partial charge < -0.3 is 10.1 Å². The Kier molecular flexibility index (Phi) is 3.79. The van der Waals surface area contributed by atoms with Crippen LogP contribution in [0.1, 0.15) is 10.4 Å². The van der Waals surface area contributed by atoms with Crippen molar-refractivity contribution < 1.29 is 18.7 Å². The average molecular weight is 211 g/mol. The summed E-state index contributed by atoms with van der Waals surface area (Å²) in [7, 11) is 1.44. The summed E-state index contributed by atoms with van der Waals surface area (Å²) in [6.07, 6.45) is 0.474. The zero-order chi connectivity index (χ0) is 11.3. The molecule has 1 aromatic carbocycles.